The molecule has 2 heterocycles. The van der Waals surface area contributed by atoms with Gasteiger partial charge in [-0.05, 0) is 37.5 Å². The number of rotatable bonds is 5. The zero-order valence-electron chi connectivity index (χ0n) is 18.4. The summed E-state index contributed by atoms with van der Waals surface area (Å²) in [4.78, 5) is 23.0. The molecule has 4 rings (SSSR count). The fourth-order valence-electron chi connectivity index (χ4n) is 3.91. The Morgan fingerprint density at radius 3 is 2.70 bits per heavy atom. The highest BCUT2D eigenvalue weighted by Gasteiger charge is 2.28. The lowest BCUT2D eigenvalue weighted by Gasteiger charge is -2.39. The van der Waals surface area contributed by atoms with E-state index in [4.69, 9.17) is 16.2 Å². The van der Waals surface area contributed by atoms with E-state index >= 15 is 0 Å². The number of nitrogens with two attached hydrogens (primary N) is 2. The van der Waals surface area contributed by atoms with E-state index < -0.39 is 11.9 Å². The van der Waals surface area contributed by atoms with Crippen molar-refractivity contribution in [2.24, 2.45) is 0 Å². The molecule has 1 aliphatic heterocycles. The summed E-state index contributed by atoms with van der Waals surface area (Å²) < 4.78 is 19.3. The molecule has 0 unspecified atom stereocenters. The van der Waals surface area contributed by atoms with Crippen molar-refractivity contribution in [1.29, 1.82) is 0 Å². The van der Waals surface area contributed by atoms with Gasteiger partial charge in [0.25, 0.3) is 0 Å². The molecule has 0 saturated carbocycles. The predicted molar refractivity (Wildman–Crippen MR) is 126 cm³/mol. The van der Waals surface area contributed by atoms with Crippen LogP contribution in [0.25, 0.3) is 11.3 Å². The number of carbonyl (C=O) groups is 1. The van der Waals surface area contributed by atoms with Gasteiger partial charge in [-0.1, -0.05) is 36.4 Å². The van der Waals surface area contributed by atoms with Gasteiger partial charge in [-0.2, -0.15) is 4.98 Å². The number of ether oxygens (including phenoxy) is 1. The standard InChI is InChI=1S/C24H27FN6O2/c1-15-7-9-18(28-24(32)33-14-16-5-3-2-4-6-16)13-31(15)22-12-21(29-23(27)30-22)17-8-10-20(26)19(25)11-17/h2-6,8,10-12,15,18H,7,9,13-14,26H2,1H3,(H,28,32)(H2,27,29,30)/t15-,18+/m1/s1. The van der Waals surface area contributed by atoms with E-state index in [1.807, 2.05) is 30.3 Å². The molecule has 1 fully saturated rings. The Hall–Kier alpha value is -3.88. The summed E-state index contributed by atoms with van der Waals surface area (Å²) in [5.74, 6) is 0.187. The van der Waals surface area contributed by atoms with Crippen LogP contribution in [0.2, 0.25) is 0 Å². The maximum Gasteiger partial charge on any atom is 0.407 e. The molecular formula is C24H27FN6O2. The number of nitrogens with one attached hydrogen (secondary N) is 1. The Kier molecular flexibility index (Phi) is 6.58. The highest BCUT2D eigenvalue weighted by atomic mass is 19.1. The van der Waals surface area contributed by atoms with Crippen LogP contribution in [0.3, 0.4) is 0 Å². The van der Waals surface area contributed by atoms with Crippen LogP contribution in [-0.4, -0.2) is 34.7 Å². The molecule has 172 valence electrons. The van der Waals surface area contributed by atoms with E-state index in [0.29, 0.717) is 23.6 Å². The third-order valence-corrected chi connectivity index (χ3v) is 5.74. The molecule has 0 bridgehead atoms. The maximum absolute atomic E-state index is 14.0. The van der Waals surface area contributed by atoms with Gasteiger partial charge < -0.3 is 26.4 Å². The van der Waals surface area contributed by atoms with Crippen molar-refractivity contribution in [3.63, 3.8) is 0 Å². The molecule has 8 nitrogen and oxygen atoms in total. The minimum Gasteiger partial charge on any atom is -0.445 e. The van der Waals surface area contributed by atoms with Crippen LogP contribution < -0.4 is 21.7 Å². The normalized spacial score (nSPS) is 18.1. The number of alkyl carbamates (subject to hydrolysis) is 1. The molecule has 0 radical (unpaired) electrons. The van der Waals surface area contributed by atoms with Crippen molar-refractivity contribution >= 4 is 23.5 Å². The summed E-state index contributed by atoms with van der Waals surface area (Å²) in [7, 11) is 0. The Bertz CT molecular complexity index is 1130. The summed E-state index contributed by atoms with van der Waals surface area (Å²) in [5.41, 5.74) is 13.6. The lowest BCUT2D eigenvalue weighted by atomic mass is 9.99. The van der Waals surface area contributed by atoms with Crippen LogP contribution in [-0.2, 0) is 11.3 Å². The third kappa shape index (κ3) is 5.49. The highest BCUT2D eigenvalue weighted by Crippen LogP contribution is 2.29. The first-order valence-electron chi connectivity index (χ1n) is 10.8. The number of piperidine rings is 1. The van der Waals surface area contributed by atoms with Gasteiger partial charge in [0.05, 0.1) is 11.4 Å². The smallest absolute Gasteiger partial charge is 0.407 e. The molecule has 2 aromatic carbocycles. The Labute approximate surface area is 191 Å². The van der Waals surface area contributed by atoms with Crippen molar-refractivity contribution in [2.45, 2.75) is 38.5 Å². The van der Waals surface area contributed by atoms with Crippen LogP contribution in [0, 0.1) is 5.82 Å². The van der Waals surface area contributed by atoms with Gasteiger partial charge in [0.15, 0.2) is 0 Å². The maximum atomic E-state index is 14.0. The predicted octanol–water partition coefficient (Wildman–Crippen LogP) is 3.73. The molecule has 3 aromatic rings. The van der Waals surface area contributed by atoms with Gasteiger partial charge in [-0.3, -0.25) is 0 Å². The molecular weight excluding hydrogens is 423 g/mol. The lowest BCUT2D eigenvalue weighted by Crippen LogP contribution is -2.51. The SMILES string of the molecule is C[C@@H]1CC[C@H](NC(=O)OCc2ccccc2)CN1c1cc(-c2ccc(N)c(F)c2)nc(N)n1. The Morgan fingerprint density at radius 1 is 1.15 bits per heavy atom. The third-order valence-electron chi connectivity index (χ3n) is 5.74. The summed E-state index contributed by atoms with van der Waals surface area (Å²) in [6, 6.07) is 15.9. The fraction of sp³-hybridized carbons (Fsp3) is 0.292. The Balaban J connectivity index is 1.46. The monoisotopic (exact) mass is 450 g/mol. The van der Waals surface area contributed by atoms with Crippen LogP contribution in [0.15, 0.2) is 54.6 Å². The molecule has 33 heavy (non-hydrogen) atoms. The second-order valence-electron chi connectivity index (χ2n) is 8.19. The van der Waals surface area contributed by atoms with Crippen LogP contribution in [0.4, 0.5) is 26.6 Å². The highest BCUT2D eigenvalue weighted by molar-refractivity contribution is 5.68. The molecule has 9 heteroatoms. The van der Waals surface area contributed by atoms with Gasteiger partial charge in [-0.15, -0.1) is 0 Å². The number of benzene rings is 2. The van der Waals surface area contributed by atoms with Gasteiger partial charge >= 0.3 is 6.09 Å². The fourth-order valence-corrected chi connectivity index (χ4v) is 3.91. The summed E-state index contributed by atoms with van der Waals surface area (Å²) >= 11 is 0. The quantitative estimate of drug-likeness (QED) is 0.507. The lowest BCUT2D eigenvalue weighted by molar-refractivity contribution is 0.134. The molecule has 1 amide bonds. The second kappa shape index (κ2) is 9.72. The largest absolute Gasteiger partial charge is 0.445 e. The van der Waals surface area contributed by atoms with E-state index in [9.17, 15) is 9.18 Å². The van der Waals surface area contributed by atoms with E-state index in [0.717, 1.165) is 18.4 Å². The van der Waals surface area contributed by atoms with Crippen LogP contribution in [0.1, 0.15) is 25.3 Å². The average Bonchev–Trinajstić information content (AvgIpc) is 2.81. The van der Waals surface area contributed by atoms with E-state index in [1.165, 1.54) is 12.1 Å². The van der Waals surface area contributed by atoms with Crippen LogP contribution in [0.5, 0.6) is 0 Å². The topological polar surface area (TPSA) is 119 Å². The second-order valence-corrected chi connectivity index (χ2v) is 8.19. The average molecular weight is 451 g/mol. The summed E-state index contributed by atoms with van der Waals surface area (Å²) in [5, 5.41) is 2.94. The molecule has 0 spiro atoms. The van der Waals surface area contributed by atoms with E-state index in [1.54, 1.807) is 12.1 Å². The first-order chi connectivity index (χ1) is 15.9. The number of anilines is 3. The number of hydrogen-bond acceptors (Lipinski definition) is 7. The van der Waals surface area contributed by atoms with Crippen molar-refractivity contribution in [1.82, 2.24) is 15.3 Å². The molecule has 0 aliphatic carbocycles. The number of aromatic nitrogens is 2. The first-order valence-corrected chi connectivity index (χ1v) is 10.8. The summed E-state index contributed by atoms with van der Waals surface area (Å²) in [6.07, 6.45) is 1.20. The van der Waals surface area contributed by atoms with Gasteiger partial charge in [0.1, 0.15) is 18.2 Å². The molecule has 1 aromatic heterocycles. The van der Waals surface area contributed by atoms with Crippen molar-refractivity contribution in [3.05, 3.63) is 66.0 Å². The zero-order valence-corrected chi connectivity index (χ0v) is 18.4. The first kappa shape index (κ1) is 22.3. The number of nitrogen functional groups attached to an aromatic ring is 2. The molecule has 1 aliphatic rings. The molecule has 2 atom stereocenters. The van der Waals surface area contributed by atoms with E-state index in [2.05, 4.69) is 27.1 Å². The van der Waals surface area contributed by atoms with Gasteiger partial charge in [0.2, 0.25) is 5.95 Å². The minimum absolute atomic E-state index is 0.0683. The number of nitrogens with zero attached hydrogens (tertiary/aromatic N) is 3. The molecule has 5 N–H and O–H groups in total. The number of halogens is 1. The van der Waals surface area contributed by atoms with Crippen LogP contribution >= 0.6 is 0 Å². The summed E-state index contributed by atoms with van der Waals surface area (Å²) in [6.45, 7) is 2.84. The number of hydrogen-bond donors (Lipinski definition) is 3. The van der Waals surface area contributed by atoms with Gasteiger partial charge in [0, 0.05) is 30.3 Å². The zero-order chi connectivity index (χ0) is 23.4. The van der Waals surface area contributed by atoms with Gasteiger partial charge in [-0.25, -0.2) is 14.2 Å². The van der Waals surface area contributed by atoms with Crippen molar-refractivity contribution in [2.75, 3.05) is 22.9 Å². The number of amides is 1. The van der Waals surface area contributed by atoms with Crippen molar-refractivity contribution < 1.29 is 13.9 Å². The minimum atomic E-state index is -0.518. The molecule has 1 saturated heterocycles. The van der Waals surface area contributed by atoms with E-state index in [-0.39, 0.29) is 30.3 Å². The number of carbonyl (C=O) groups excluding carboxylic acids is 1. The van der Waals surface area contributed by atoms with Crippen molar-refractivity contribution in [3.8, 4) is 11.3 Å². The Morgan fingerprint density at radius 2 is 1.94 bits per heavy atom.